The normalized spacial score (nSPS) is 11.1. The number of ether oxygens (including phenoxy) is 1. The molecule has 0 aliphatic rings. The van der Waals surface area contributed by atoms with Crippen LogP contribution in [0.4, 0.5) is 5.69 Å². The van der Waals surface area contributed by atoms with Crippen molar-refractivity contribution in [3.8, 4) is 17.1 Å². The lowest BCUT2D eigenvalue weighted by molar-refractivity contribution is -0.384. The molecule has 3 aromatic carbocycles. The molecule has 0 spiro atoms. The highest BCUT2D eigenvalue weighted by molar-refractivity contribution is 5.85. The summed E-state index contributed by atoms with van der Waals surface area (Å²) in [6.45, 7) is 2.19. The Balaban J connectivity index is 1.91. The van der Waals surface area contributed by atoms with Crippen molar-refractivity contribution < 1.29 is 9.66 Å². The second-order valence-electron chi connectivity index (χ2n) is 6.59. The van der Waals surface area contributed by atoms with Gasteiger partial charge in [-0.2, -0.15) is 9.78 Å². The van der Waals surface area contributed by atoms with E-state index >= 15 is 0 Å². The zero-order chi connectivity index (χ0) is 21.8. The minimum Gasteiger partial charge on any atom is -0.493 e. The van der Waals surface area contributed by atoms with Gasteiger partial charge in [0.05, 0.1) is 28.6 Å². The summed E-state index contributed by atoms with van der Waals surface area (Å²) in [6, 6.07) is 20.5. The third-order valence-electron chi connectivity index (χ3n) is 4.60. The fourth-order valence-electron chi connectivity index (χ4n) is 3.16. The van der Waals surface area contributed by atoms with Crippen molar-refractivity contribution >= 4 is 22.8 Å². The number of rotatable bonds is 6. The average Bonchev–Trinajstić information content (AvgIpc) is 2.80. The Labute approximate surface area is 177 Å². The largest absolute Gasteiger partial charge is 0.493 e. The van der Waals surface area contributed by atoms with Crippen LogP contribution in [0, 0.1) is 10.1 Å². The number of non-ortho nitro benzene ring substituents is 1. The van der Waals surface area contributed by atoms with E-state index in [1.54, 1.807) is 18.2 Å². The van der Waals surface area contributed by atoms with E-state index in [-0.39, 0.29) is 11.2 Å². The van der Waals surface area contributed by atoms with E-state index in [0.29, 0.717) is 40.2 Å². The molecular weight excluding hydrogens is 396 g/mol. The summed E-state index contributed by atoms with van der Waals surface area (Å²) in [6.07, 6.45) is 1.38. The number of nitro groups is 1. The molecule has 0 bridgehead atoms. The lowest BCUT2D eigenvalue weighted by Gasteiger charge is -2.10. The van der Waals surface area contributed by atoms with Gasteiger partial charge in [0, 0.05) is 23.3 Å². The van der Waals surface area contributed by atoms with Gasteiger partial charge in [-0.3, -0.25) is 14.9 Å². The molecule has 0 unspecified atom stereocenters. The van der Waals surface area contributed by atoms with Crippen LogP contribution in [0.5, 0.6) is 5.75 Å². The van der Waals surface area contributed by atoms with Crippen LogP contribution in [0.25, 0.3) is 22.3 Å². The molecule has 0 N–H and O–H groups in total. The smallest absolute Gasteiger partial charge is 0.282 e. The van der Waals surface area contributed by atoms with E-state index in [4.69, 9.17) is 4.74 Å². The molecule has 0 amide bonds. The number of para-hydroxylation sites is 1. The standard InChI is InChI=1S/C23H18N4O4/c1-2-31-21-13-12-18(27(29)30)14-17(21)15-24-26-22(16-8-4-3-5-9-16)25-20-11-7-6-10-19(20)23(26)28/h3-15H,2H2,1H3. The summed E-state index contributed by atoms with van der Waals surface area (Å²) in [5.41, 5.74) is 1.21. The minimum atomic E-state index is -0.494. The zero-order valence-corrected chi connectivity index (χ0v) is 16.6. The van der Waals surface area contributed by atoms with Crippen molar-refractivity contribution in [1.29, 1.82) is 0 Å². The molecule has 1 aromatic heterocycles. The summed E-state index contributed by atoms with van der Waals surface area (Å²) in [7, 11) is 0. The number of aromatic nitrogens is 2. The summed E-state index contributed by atoms with van der Waals surface area (Å²) in [4.78, 5) is 28.5. The van der Waals surface area contributed by atoms with Crippen molar-refractivity contribution in [3.63, 3.8) is 0 Å². The number of nitro benzene ring substituents is 1. The number of hydrogen-bond acceptors (Lipinski definition) is 6. The fourth-order valence-corrected chi connectivity index (χ4v) is 3.16. The van der Waals surface area contributed by atoms with Crippen molar-refractivity contribution in [2.75, 3.05) is 6.61 Å². The van der Waals surface area contributed by atoms with Gasteiger partial charge < -0.3 is 4.74 Å². The van der Waals surface area contributed by atoms with E-state index in [1.807, 2.05) is 43.3 Å². The highest BCUT2D eigenvalue weighted by atomic mass is 16.6. The van der Waals surface area contributed by atoms with Crippen LogP contribution in [0.1, 0.15) is 12.5 Å². The Morgan fingerprint density at radius 1 is 1.10 bits per heavy atom. The van der Waals surface area contributed by atoms with E-state index in [1.165, 1.54) is 29.1 Å². The van der Waals surface area contributed by atoms with Crippen LogP contribution in [-0.4, -0.2) is 27.4 Å². The predicted octanol–water partition coefficient (Wildman–Crippen LogP) is 4.25. The zero-order valence-electron chi connectivity index (χ0n) is 16.6. The molecule has 4 aromatic rings. The van der Waals surface area contributed by atoms with Gasteiger partial charge in [0.2, 0.25) is 0 Å². The van der Waals surface area contributed by atoms with E-state index in [0.717, 1.165) is 0 Å². The Bertz CT molecular complexity index is 1350. The molecule has 0 aliphatic carbocycles. The van der Waals surface area contributed by atoms with Gasteiger partial charge in [-0.15, -0.1) is 0 Å². The number of fused-ring (bicyclic) bond motifs is 1. The quantitative estimate of drug-likeness (QED) is 0.267. The highest BCUT2D eigenvalue weighted by Gasteiger charge is 2.14. The first-order valence-electron chi connectivity index (χ1n) is 9.61. The predicted molar refractivity (Wildman–Crippen MR) is 119 cm³/mol. The third kappa shape index (κ3) is 4.04. The first-order valence-corrected chi connectivity index (χ1v) is 9.61. The van der Waals surface area contributed by atoms with Gasteiger partial charge in [-0.1, -0.05) is 42.5 Å². The molecule has 154 valence electrons. The molecule has 0 fully saturated rings. The van der Waals surface area contributed by atoms with Gasteiger partial charge in [-0.25, -0.2) is 4.98 Å². The van der Waals surface area contributed by atoms with Gasteiger partial charge in [0.25, 0.3) is 11.2 Å². The second kappa shape index (κ2) is 8.58. The third-order valence-corrected chi connectivity index (χ3v) is 4.60. The van der Waals surface area contributed by atoms with Gasteiger partial charge >= 0.3 is 0 Å². The Morgan fingerprint density at radius 3 is 2.58 bits per heavy atom. The molecule has 31 heavy (non-hydrogen) atoms. The fraction of sp³-hybridized carbons (Fsp3) is 0.0870. The van der Waals surface area contributed by atoms with E-state index < -0.39 is 4.92 Å². The van der Waals surface area contributed by atoms with Gasteiger partial charge in [0.1, 0.15) is 5.75 Å². The first kappa shape index (κ1) is 20.0. The molecule has 4 rings (SSSR count). The number of benzene rings is 3. The van der Waals surface area contributed by atoms with Crippen LogP contribution in [0.2, 0.25) is 0 Å². The Hall–Kier alpha value is -4.33. The van der Waals surface area contributed by atoms with Crippen LogP contribution < -0.4 is 10.3 Å². The summed E-state index contributed by atoms with van der Waals surface area (Å²) < 4.78 is 6.76. The Morgan fingerprint density at radius 2 is 1.84 bits per heavy atom. The number of nitrogens with zero attached hydrogens (tertiary/aromatic N) is 4. The van der Waals surface area contributed by atoms with Gasteiger partial charge in [0.15, 0.2) is 5.82 Å². The monoisotopic (exact) mass is 414 g/mol. The summed E-state index contributed by atoms with van der Waals surface area (Å²) in [5.74, 6) is 0.795. The number of hydrogen-bond donors (Lipinski definition) is 0. The van der Waals surface area contributed by atoms with Crippen LogP contribution in [-0.2, 0) is 0 Å². The minimum absolute atomic E-state index is 0.0998. The van der Waals surface area contributed by atoms with E-state index in [2.05, 4.69) is 10.1 Å². The topological polar surface area (TPSA) is 99.6 Å². The van der Waals surface area contributed by atoms with Crippen LogP contribution in [0.15, 0.2) is 82.7 Å². The van der Waals surface area contributed by atoms with Crippen molar-refractivity contribution in [1.82, 2.24) is 9.66 Å². The van der Waals surface area contributed by atoms with Crippen molar-refractivity contribution in [2.45, 2.75) is 6.92 Å². The van der Waals surface area contributed by atoms with Crippen LogP contribution in [0.3, 0.4) is 0 Å². The lowest BCUT2D eigenvalue weighted by atomic mass is 10.2. The average molecular weight is 414 g/mol. The molecule has 0 aliphatic heterocycles. The van der Waals surface area contributed by atoms with Crippen molar-refractivity contribution in [2.24, 2.45) is 5.10 Å². The molecular formula is C23H18N4O4. The van der Waals surface area contributed by atoms with Crippen LogP contribution >= 0.6 is 0 Å². The second-order valence-corrected chi connectivity index (χ2v) is 6.59. The SMILES string of the molecule is CCOc1ccc([N+](=O)[O-])cc1C=Nn1c(-c2ccccc2)nc2ccccc2c1=O. The molecule has 1 heterocycles. The summed E-state index contributed by atoms with van der Waals surface area (Å²) >= 11 is 0. The molecule has 0 saturated carbocycles. The molecule has 0 radical (unpaired) electrons. The molecule has 8 nitrogen and oxygen atoms in total. The van der Waals surface area contributed by atoms with E-state index in [9.17, 15) is 14.9 Å². The van der Waals surface area contributed by atoms with Crippen molar-refractivity contribution in [3.05, 3.63) is 98.8 Å². The van der Waals surface area contributed by atoms with Gasteiger partial charge in [-0.05, 0) is 25.1 Å². The highest BCUT2D eigenvalue weighted by Crippen LogP contribution is 2.24. The maximum absolute atomic E-state index is 13.2. The maximum atomic E-state index is 13.2. The summed E-state index contributed by atoms with van der Waals surface area (Å²) in [5, 5.41) is 16.0. The molecule has 0 saturated heterocycles. The molecule has 8 heteroatoms. The first-order chi connectivity index (χ1) is 15.1. The molecule has 0 atom stereocenters. The maximum Gasteiger partial charge on any atom is 0.282 e. The Kier molecular flexibility index (Phi) is 5.53. The lowest BCUT2D eigenvalue weighted by Crippen LogP contribution is -2.20.